The lowest BCUT2D eigenvalue weighted by Gasteiger charge is -2.39. The third-order valence-corrected chi connectivity index (χ3v) is 4.20. The van der Waals surface area contributed by atoms with Crippen LogP contribution < -0.4 is 5.73 Å². The third-order valence-electron chi connectivity index (χ3n) is 4.20. The maximum absolute atomic E-state index is 6.25. The van der Waals surface area contributed by atoms with Crippen molar-refractivity contribution in [2.75, 3.05) is 7.05 Å². The highest BCUT2D eigenvalue weighted by Gasteiger charge is 2.28. The summed E-state index contributed by atoms with van der Waals surface area (Å²) in [7, 11) is 2.22. The SMILES string of the molecule is C[C@@H](c1ccccc1)N(C)[C@H]1CCCC[C@@H]1N. The maximum Gasteiger partial charge on any atom is 0.0320 e. The molecule has 1 fully saturated rings. The van der Waals surface area contributed by atoms with Gasteiger partial charge < -0.3 is 5.73 Å². The van der Waals surface area contributed by atoms with Crippen LogP contribution in [0.1, 0.15) is 44.2 Å². The van der Waals surface area contributed by atoms with E-state index in [1.54, 1.807) is 0 Å². The van der Waals surface area contributed by atoms with Crippen molar-refractivity contribution in [1.29, 1.82) is 0 Å². The summed E-state index contributed by atoms with van der Waals surface area (Å²) in [5, 5.41) is 0. The van der Waals surface area contributed by atoms with Gasteiger partial charge in [-0.2, -0.15) is 0 Å². The Kier molecular flexibility index (Phi) is 4.19. The molecule has 1 saturated carbocycles. The standard InChI is InChI=1S/C15H24N2/c1-12(13-8-4-3-5-9-13)17(2)15-11-7-6-10-14(15)16/h3-5,8-9,12,14-15H,6-7,10-11,16H2,1-2H3/t12-,14-,15-/m0/s1. The van der Waals surface area contributed by atoms with E-state index in [1.165, 1.54) is 31.2 Å². The molecule has 2 rings (SSSR count). The average Bonchev–Trinajstić information content (AvgIpc) is 2.39. The van der Waals surface area contributed by atoms with Gasteiger partial charge in [0.15, 0.2) is 0 Å². The van der Waals surface area contributed by atoms with Gasteiger partial charge in [-0.1, -0.05) is 43.2 Å². The summed E-state index contributed by atoms with van der Waals surface area (Å²) >= 11 is 0. The van der Waals surface area contributed by atoms with Crippen molar-refractivity contribution < 1.29 is 0 Å². The number of hydrogen-bond acceptors (Lipinski definition) is 2. The van der Waals surface area contributed by atoms with Gasteiger partial charge in [0.05, 0.1) is 0 Å². The molecule has 2 nitrogen and oxygen atoms in total. The van der Waals surface area contributed by atoms with Gasteiger partial charge in [0, 0.05) is 18.1 Å². The van der Waals surface area contributed by atoms with Gasteiger partial charge in [-0.15, -0.1) is 0 Å². The Morgan fingerprint density at radius 1 is 1.18 bits per heavy atom. The number of hydrogen-bond donors (Lipinski definition) is 1. The van der Waals surface area contributed by atoms with Crippen molar-refractivity contribution in [2.24, 2.45) is 5.73 Å². The van der Waals surface area contributed by atoms with Crippen LogP contribution in [0.25, 0.3) is 0 Å². The zero-order valence-corrected chi connectivity index (χ0v) is 11.0. The monoisotopic (exact) mass is 232 g/mol. The summed E-state index contributed by atoms with van der Waals surface area (Å²) in [6.07, 6.45) is 5.04. The molecule has 0 saturated heterocycles. The van der Waals surface area contributed by atoms with E-state index < -0.39 is 0 Å². The van der Waals surface area contributed by atoms with Gasteiger partial charge in [-0.05, 0) is 32.4 Å². The molecule has 0 unspecified atom stereocenters. The van der Waals surface area contributed by atoms with E-state index in [0.717, 1.165) is 0 Å². The molecule has 1 aromatic carbocycles. The van der Waals surface area contributed by atoms with E-state index >= 15 is 0 Å². The number of nitrogens with two attached hydrogens (primary N) is 1. The fourth-order valence-electron chi connectivity index (χ4n) is 2.90. The summed E-state index contributed by atoms with van der Waals surface area (Å²) in [5.74, 6) is 0. The van der Waals surface area contributed by atoms with Crippen LogP contribution in [0, 0.1) is 0 Å². The second-order valence-electron chi connectivity index (χ2n) is 5.27. The number of benzene rings is 1. The van der Waals surface area contributed by atoms with E-state index in [1.807, 2.05) is 0 Å². The quantitative estimate of drug-likeness (QED) is 0.868. The average molecular weight is 232 g/mol. The molecule has 0 bridgehead atoms. The third kappa shape index (κ3) is 2.88. The minimum atomic E-state index is 0.347. The van der Waals surface area contributed by atoms with Crippen molar-refractivity contribution in [3.05, 3.63) is 35.9 Å². The fraction of sp³-hybridized carbons (Fsp3) is 0.600. The first-order valence-corrected chi connectivity index (χ1v) is 6.72. The normalized spacial score (nSPS) is 27.1. The summed E-state index contributed by atoms with van der Waals surface area (Å²) < 4.78 is 0. The van der Waals surface area contributed by atoms with Crippen molar-refractivity contribution in [2.45, 2.75) is 50.7 Å². The predicted octanol–water partition coefficient (Wildman–Crippen LogP) is 2.95. The molecule has 0 spiro atoms. The molecule has 2 heteroatoms. The Morgan fingerprint density at radius 3 is 2.47 bits per heavy atom. The molecule has 94 valence electrons. The zero-order valence-electron chi connectivity index (χ0n) is 11.0. The molecule has 1 aliphatic carbocycles. The van der Waals surface area contributed by atoms with Gasteiger partial charge in [0.2, 0.25) is 0 Å². The highest BCUT2D eigenvalue weighted by atomic mass is 15.2. The molecular weight excluding hydrogens is 208 g/mol. The van der Waals surface area contributed by atoms with Crippen molar-refractivity contribution in [3.8, 4) is 0 Å². The fourth-order valence-corrected chi connectivity index (χ4v) is 2.90. The molecule has 0 aliphatic heterocycles. The molecule has 0 radical (unpaired) electrons. The summed E-state index contributed by atoms with van der Waals surface area (Å²) in [6, 6.07) is 12.0. The summed E-state index contributed by atoms with van der Waals surface area (Å²) in [4.78, 5) is 2.46. The van der Waals surface area contributed by atoms with Crippen LogP contribution in [0.3, 0.4) is 0 Å². The summed E-state index contributed by atoms with van der Waals surface area (Å²) in [6.45, 7) is 2.27. The highest BCUT2D eigenvalue weighted by molar-refractivity contribution is 5.18. The predicted molar refractivity (Wildman–Crippen MR) is 72.9 cm³/mol. The second-order valence-corrected chi connectivity index (χ2v) is 5.27. The molecule has 17 heavy (non-hydrogen) atoms. The zero-order chi connectivity index (χ0) is 12.3. The Balaban J connectivity index is 2.06. The van der Waals surface area contributed by atoms with Gasteiger partial charge in [-0.25, -0.2) is 0 Å². The number of likely N-dealkylation sites (N-methyl/N-ethyl adjacent to an activating group) is 1. The number of nitrogens with zero attached hydrogens (tertiary/aromatic N) is 1. The lowest BCUT2D eigenvalue weighted by atomic mass is 9.89. The van der Waals surface area contributed by atoms with Crippen LogP contribution in [0.5, 0.6) is 0 Å². The molecular formula is C15H24N2. The molecule has 0 amide bonds. The summed E-state index contributed by atoms with van der Waals surface area (Å²) in [5.41, 5.74) is 7.64. The Hall–Kier alpha value is -0.860. The smallest absolute Gasteiger partial charge is 0.0320 e. The molecule has 0 heterocycles. The number of rotatable bonds is 3. The van der Waals surface area contributed by atoms with Crippen LogP contribution in [0.4, 0.5) is 0 Å². The van der Waals surface area contributed by atoms with Gasteiger partial charge >= 0.3 is 0 Å². The van der Waals surface area contributed by atoms with Gasteiger partial charge in [-0.3, -0.25) is 4.90 Å². The van der Waals surface area contributed by atoms with Gasteiger partial charge in [0.25, 0.3) is 0 Å². The first-order valence-electron chi connectivity index (χ1n) is 6.72. The minimum Gasteiger partial charge on any atom is -0.326 e. The Labute approximate surface area is 105 Å². The first kappa shape index (κ1) is 12.6. The lowest BCUT2D eigenvalue weighted by molar-refractivity contribution is 0.128. The van der Waals surface area contributed by atoms with Crippen molar-refractivity contribution in [1.82, 2.24) is 4.90 Å². The van der Waals surface area contributed by atoms with E-state index in [2.05, 4.69) is 49.2 Å². The maximum atomic E-state index is 6.25. The largest absolute Gasteiger partial charge is 0.326 e. The van der Waals surface area contributed by atoms with Crippen LogP contribution in [-0.2, 0) is 0 Å². The molecule has 1 aromatic rings. The van der Waals surface area contributed by atoms with Crippen LogP contribution in [0.15, 0.2) is 30.3 Å². The second kappa shape index (κ2) is 5.65. The van der Waals surface area contributed by atoms with Crippen LogP contribution in [0.2, 0.25) is 0 Å². The van der Waals surface area contributed by atoms with E-state index in [-0.39, 0.29) is 0 Å². The lowest BCUT2D eigenvalue weighted by Crippen LogP contribution is -2.48. The minimum absolute atomic E-state index is 0.347. The van der Waals surface area contributed by atoms with Crippen molar-refractivity contribution in [3.63, 3.8) is 0 Å². The van der Waals surface area contributed by atoms with Crippen LogP contribution >= 0.6 is 0 Å². The topological polar surface area (TPSA) is 29.3 Å². The Bertz CT molecular complexity index is 336. The van der Waals surface area contributed by atoms with Crippen LogP contribution in [-0.4, -0.2) is 24.0 Å². The van der Waals surface area contributed by atoms with E-state index in [4.69, 9.17) is 5.73 Å². The first-order chi connectivity index (χ1) is 8.20. The Morgan fingerprint density at radius 2 is 1.82 bits per heavy atom. The van der Waals surface area contributed by atoms with Gasteiger partial charge in [0.1, 0.15) is 0 Å². The molecule has 1 aliphatic rings. The van der Waals surface area contributed by atoms with E-state index in [0.29, 0.717) is 18.1 Å². The molecule has 2 N–H and O–H groups in total. The molecule has 3 atom stereocenters. The highest BCUT2D eigenvalue weighted by Crippen LogP contribution is 2.27. The van der Waals surface area contributed by atoms with E-state index in [9.17, 15) is 0 Å². The van der Waals surface area contributed by atoms with Crippen molar-refractivity contribution >= 4 is 0 Å². The molecule has 0 aromatic heterocycles.